The summed E-state index contributed by atoms with van der Waals surface area (Å²) in [5.74, 6) is 0.614. The Morgan fingerprint density at radius 1 is 1.26 bits per heavy atom. The number of nitrogen functional groups attached to an aromatic ring is 1. The number of imidazole rings is 1. The van der Waals surface area contributed by atoms with Gasteiger partial charge in [0.15, 0.2) is 5.82 Å². The number of carbonyl (C=O) groups is 1. The van der Waals surface area contributed by atoms with Gasteiger partial charge in [0.05, 0.1) is 17.6 Å². The number of anilines is 2. The van der Waals surface area contributed by atoms with Crippen molar-refractivity contribution in [1.29, 1.82) is 0 Å². The van der Waals surface area contributed by atoms with Crippen molar-refractivity contribution in [3.8, 4) is 11.4 Å². The van der Waals surface area contributed by atoms with Crippen LogP contribution in [0.3, 0.4) is 0 Å². The first-order valence-corrected chi connectivity index (χ1v) is 8.87. The summed E-state index contributed by atoms with van der Waals surface area (Å²) >= 11 is 0. The molecule has 3 aromatic heterocycles. The van der Waals surface area contributed by atoms with Gasteiger partial charge in [0.2, 0.25) is 11.9 Å². The van der Waals surface area contributed by atoms with Gasteiger partial charge >= 0.3 is 5.97 Å². The van der Waals surface area contributed by atoms with Crippen LogP contribution in [0, 0.1) is 12.8 Å². The van der Waals surface area contributed by atoms with Gasteiger partial charge in [-0.25, -0.2) is 4.98 Å². The van der Waals surface area contributed by atoms with Crippen molar-refractivity contribution in [1.82, 2.24) is 24.3 Å². The first-order chi connectivity index (χ1) is 12.9. The van der Waals surface area contributed by atoms with Crippen molar-refractivity contribution in [3.05, 3.63) is 30.4 Å². The molecule has 0 aliphatic carbocycles. The molecule has 0 aromatic carbocycles. The van der Waals surface area contributed by atoms with Crippen LogP contribution in [-0.2, 0) is 4.79 Å². The van der Waals surface area contributed by atoms with Crippen molar-refractivity contribution in [2.75, 3.05) is 17.2 Å². The molecule has 1 unspecified atom stereocenters. The van der Waals surface area contributed by atoms with Gasteiger partial charge < -0.3 is 20.1 Å². The highest BCUT2D eigenvalue weighted by Crippen LogP contribution is 2.27. The molecule has 9 nitrogen and oxygen atoms in total. The SMILES string of the molecule is Cc1ncc2ccc(-c3nc(N)nc(N4C[C@@H](C(=O)O)CCC4C)n3)cn12. The number of pyridine rings is 1. The second kappa shape index (κ2) is 6.49. The van der Waals surface area contributed by atoms with E-state index in [0.29, 0.717) is 24.7 Å². The molecule has 9 heteroatoms. The van der Waals surface area contributed by atoms with Crippen molar-refractivity contribution in [2.45, 2.75) is 32.7 Å². The molecule has 0 radical (unpaired) electrons. The van der Waals surface area contributed by atoms with E-state index in [9.17, 15) is 9.90 Å². The number of aryl methyl sites for hydroxylation is 1. The zero-order valence-corrected chi connectivity index (χ0v) is 15.2. The van der Waals surface area contributed by atoms with Crippen LogP contribution in [-0.4, -0.2) is 48.0 Å². The number of nitrogens with two attached hydrogens (primary N) is 1. The Kier molecular flexibility index (Phi) is 4.14. The Labute approximate surface area is 155 Å². The minimum atomic E-state index is -0.796. The van der Waals surface area contributed by atoms with Gasteiger partial charge in [-0.3, -0.25) is 4.79 Å². The monoisotopic (exact) mass is 367 g/mol. The van der Waals surface area contributed by atoms with E-state index in [4.69, 9.17) is 5.73 Å². The van der Waals surface area contributed by atoms with Crippen molar-refractivity contribution in [2.24, 2.45) is 5.92 Å². The van der Waals surface area contributed by atoms with Crippen LogP contribution in [0.25, 0.3) is 16.9 Å². The molecule has 27 heavy (non-hydrogen) atoms. The van der Waals surface area contributed by atoms with Crippen LogP contribution in [0.1, 0.15) is 25.6 Å². The normalized spacial score (nSPS) is 20.1. The van der Waals surface area contributed by atoms with Gasteiger partial charge in [-0.15, -0.1) is 0 Å². The molecule has 3 aromatic rings. The van der Waals surface area contributed by atoms with Crippen LogP contribution < -0.4 is 10.6 Å². The molecule has 0 spiro atoms. The van der Waals surface area contributed by atoms with E-state index in [2.05, 4.69) is 19.9 Å². The highest BCUT2D eigenvalue weighted by molar-refractivity contribution is 5.71. The van der Waals surface area contributed by atoms with Crippen molar-refractivity contribution in [3.63, 3.8) is 0 Å². The van der Waals surface area contributed by atoms with Gasteiger partial charge in [0, 0.05) is 24.3 Å². The summed E-state index contributed by atoms with van der Waals surface area (Å²) in [6, 6.07) is 3.99. The Morgan fingerprint density at radius 2 is 2.07 bits per heavy atom. The molecule has 140 valence electrons. The van der Waals surface area contributed by atoms with E-state index in [0.717, 1.165) is 23.3 Å². The second-order valence-electron chi connectivity index (χ2n) is 6.95. The lowest BCUT2D eigenvalue weighted by Gasteiger charge is -2.36. The van der Waals surface area contributed by atoms with Crippen LogP contribution in [0.2, 0.25) is 0 Å². The fourth-order valence-electron chi connectivity index (χ4n) is 3.48. The van der Waals surface area contributed by atoms with E-state index in [-0.39, 0.29) is 12.0 Å². The van der Waals surface area contributed by atoms with Crippen LogP contribution in [0.4, 0.5) is 11.9 Å². The standard InChI is InChI=1S/C18H21N7O2/c1-10-3-4-13(16(26)27)9-24(10)18-22-15(21-17(19)23-18)12-5-6-14-7-20-11(2)25(14)8-12/h5-8,10,13H,3-4,9H2,1-2H3,(H,26,27)(H2,19,21,22,23)/t10?,13-/m0/s1. The summed E-state index contributed by atoms with van der Waals surface area (Å²) in [7, 11) is 0. The Bertz CT molecular complexity index is 1020. The molecular weight excluding hydrogens is 346 g/mol. The number of carboxylic acid groups (broad SMARTS) is 1. The third-order valence-electron chi connectivity index (χ3n) is 5.10. The van der Waals surface area contributed by atoms with E-state index in [1.165, 1.54) is 0 Å². The summed E-state index contributed by atoms with van der Waals surface area (Å²) in [6.45, 7) is 4.32. The molecular formula is C18H21N7O2. The molecule has 1 aliphatic rings. The van der Waals surface area contributed by atoms with Crippen molar-refractivity contribution >= 4 is 23.4 Å². The molecule has 4 heterocycles. The highest BCUT2D eigenvalue weighted by Gasteiger charge is 2.31. The summed E-state index contributed by atoms with van der Waals surface area (Å²) < 4.78 is 1.96. The summed E-state index contributed by atoms with van der Waals surface area (Å²) in [4.78, 5) is 30.7. The molecule has 2 atom stereocenters. The number of nitrogens with zero attached hydrogens (tertiary/aromatic N) is 6. The van der Waals surface area contributed by atoms with Crippen molar-refractivity contribution < 1.29 is 9.90 Å². The van der Waals surface area contributed by atoms with Gasteiger partial charge in [0.25, 0.3) is 0 Å². The third kappa shape index (κ3) is 3.16. The quantitative estimate of drug-likeness (QED) is 0.718. The average molecular weight is 367 g/mol. The lowest BCUT2D eigenvalue weighted by atomic mass is 9.94. The number of fused-ring (bicyclic) bond motifs is 1. The summed E-state index contributed by atoms with van der Waals surface area (Å²) in [6.07, 6.45) is 5.12. The second-order valence-corrected chi connectivity index (χ2v) is 6.95. The molecule has 1 fully saturated rings. The smallest absolute Gasteiger partial charge is 0.308 e. The van der Waals surface area contributed by atoms with Gasteiger partial charge in [-0.2, -0.15) is 15.0 Å². The fraction of sp³-hybridized carbons (Fsp3) is 0.389. The average Bonchev–Trinajstić information content (AvgIpc) is 3.02. The zero-order valence-electron chi connectivity index (χ0n) is 15.2. The first kappa shape index (κ1) is 17.2. The minimum Gasteiger partial charge on any atom is -0.481 e. The molecule has 0 saturated carbocycles. The molecule has 3 N–H and O–H groups in total. The number of aliphatic carboxylic acids is 1. The molecule has 1 saturated heterocycles. The Balaban J connectivity index is 1.74. The van der Waals surface area contributed by atoms with Crippen LogP contribution >= 0.6 is 0 Å². The molecule has 0 amide bonds. The third-order valence-corrected chi connectivity index (χ3v) is 5.10. The maximum absolute atomic E-state index is 11.4. The maximum atomic E-state index is 11.4. The zero-order chi connectivity index (χ0) is 19.1. The first-order valence-electron chi connectivity index (χ1n) is 8.87. The lowest BCUT2D eigenvalue weighted by molar-refractivity contribution is -0.142. The lowest BCUT2D eigenvalue weighted by Crippen LogP contribution is -2.45. The maximum Gasteiger partial charge on any atom is 0.308 e. The summed E-state index contributed by atoms with van der Waals surface area (Å²) in [5, 5.41) is 9.37. The Morgan fingerprint density at radius 3 is 2.85 bits per heavy atom. The van der Waals surface area contributed by atoms with Crippen LogP contribution in [0.5, 0.6) is 0 Å². The number of aromatic nitrogens is 5. The number of hydrogen-bond acceptors (Lipinski definition) is 7. The predicted octanol–water partition coefficient (Wildman–Crippen LogP) is 1.77. The minimum absolute atomic E-state index is 0.113. The highest BCUT2D eigenvalue weighted by atomic mass is 16.4. The summed E-state index contributed by atoms with van der Waals surface area (Å²) in [5.41, 5.74) is 7.71. The van der Waals surface area contributed by atoms with E-state index in [1.807, 2.05) is 41.5 Å². The van der Waals surface area contributed by atoms with E-state index < -0.39 is 11.9 Å². The topological polar surface area (TPSA) is 123 Å². The van der Waals surface area contributed by atoms with Gasteiger partial charge in [-0.1, -0.05) is 0 Å². The molecule has 1 aliphatic heterocycles. The number of rotatable bonds is 3. The number of carboxylic acids is 1. The fourth-order valence-corrected chi connectivity index (χ4v) is 3.48. The van der Waals surface area contributed by atoms with E-state index >= 15 is 0 Å². The van der Waals surface area contributed by atoms with Gasteiger partial charge in [0.1, 0.15) is 5.82 Å². The Hall–Kier alpha value is -3.23. The number of piperidine rings is 1. The predicted molar refractivity (Wildman–Crippen MR) is 100 cm³/mol. The van der Waals surface area contributed by atoms with Gasteiger partial charge in [-0.05, 0) is 38.8 Å². The molecule has 0 bridgehead atoms. The largest absolute Gasteiger partial charge is 0.481 e. The van der Waals surface area contributed by atoms with E-state index in [1.54, 1.807) is 6.20 Å². The molecule has 4 rings (SSSR count). The number of hydrogen-bond donors (Lipinski definition) is 2. The van der Waals surface area contributed by atoms with Crippen LogP contribution in [0.15, 0.2) is 24.5 Å².